The minimum atomic E-state index is -0.803. The van der Waals surface area contributed by atoms with Crippen LogP contribution >= 0.6 is 0 Å². The molecule has 0 bridgehead atoms. The lowest BCUT2D eigenvalue weighted by molar-refractivity contribution is 0.529. The number of aryl methyl sites for hydroxylation is 3. The van der Waals surface area contributed by atoms with Crippen LogP contribution in [-0.2, 0) is 18.4 Å². The average molecular weight is 283 g/mol. The third-order valence-electron chi connectivity index (χ3n) is 4.63. The predicted molar refractivity (Wildman–Crippen MR) is 84.9 cm³/mol. The molecule has 0 saturated heterocycles. The van der Waals surface area contributed by atoms with Gasteiger partial charge in [0.15, 0.2) is 0 Å². The van der Waals surface area contributed by atoms with Crippen LogP contribution in [0.1, 0.15) is 47.6 Å². The van der Waals surface area contributed by atoms with Crippen LogP contribution in [0.25, 0.3) is 0 Å². The smallest absolute Gasteiger partial charge is 0.128 e. The molecule has 2 aromatic carbocycles. The third-order valence-corrected chi connectivity index (χ3v) is 4.63. The van der Waals surface area contributed by atoms with Gasteiger partial charge in [-0.15, -0.1) is 0 Å². The molecule has 2 aromatic rings. The van der Waals surface area contributed by atoms with E-state index in [1.807, 2.05) is 19.9 Å². The van der Waals surface area contributed by atoms with Crippen LogP contribution in [0, 0.1) is 12.7 Å². The SMILES string of the molecule is Cc1ccc(F)c(C(C)(N)c2ccc3c(c2)CCCC3)c1. The highest BCUT2D eigenvalue weighted by Gasteiger charge is 2.28. The van der Waals surface area contributed by atoms with E-state index in [-0.39, 0.29) is 5.82 Å². The summed E-state index contributed by atoms with van der Waals surface area (Å²) in [6.07, 6.45) is 4.75. The highest BCUT2D eigenvalue weighted by atomic mass is 19.1. The molecule has 0 amide bonds. The van der Waals surface area contributed by atoms with Gasteiger partial charge < -0.3 is 5.73 Å². The maximum Gasteiger partial charge on any atom is 0.128 e. The monoisotopic (exact) mass is 283 g/mol. The molecule has 2 N–H and O–H groups in total. The Balaban J connectivity index is 2.07. The molecule has 0 fully saturated rings. The van der Waals surface area contributed by atoms with Gasteiger partial charge in [-0.2, -0.15) is 0 Å². The first-order chi connectivity index (χ1) is 9.98. The van der Waals surface area contributed by atoms with E-state index in [0.29, 0.717) is 5.56 Å². The van der Waals surface area contributed by atoms with E-state index >= 15 is 0 Å². The maximum atomic E-state index is 14.2. The van der Waals surface area contributed by atoms with Crippen LogP contribution < -0.4 is 5.73 Å². The van der Waals surface area contributed by atoms with Crippen molar-refractivity contribution in [3.63, 3.8) is 0 Å². The van der Waals surface area contributed by atoms with Crippen molar-refractivity contribution >= 4 is 0 Å². The van der Waals surface area contributed by atoms with Crippen LogP contribution in [-0.4, -0.2) is 0 Å². The Morgan fingerprint density at radius 1 is 1.00 bits per heavy atom. The van der Waals surface area contributed by atoms with Crippen LogP contribution in [0.15, 0.2) is 36.4 Å². The van der Waals surface area contributed by atoms with E-state index in [0.717, 1.165) is 24.0 Å². The summed E-state index contributed by atoms with van der Waals surface area (Å²) < 4.78 is 14.2. The number of nitrogens with two attached hydrogens (primary N) is 1. The summed E-state index contributed by atoms with van der Waals surface area (Å²) in [5.74, 6) is -0.233. The Kier molecular flexibility index (Phi) is 3.58. The molecule has 0 aliphatic heterocycles. The lowest BCUT2D eigenvalue weighted by atomic mass is 9.81. The number of rotatable bonds is 2. The summed E-state index contributed by atoms with van der Waals surface area (Å²) in [7, 11) is 0. The maximum absolute atomic E-state index is 14.2. The van der Waals surface area contributed by atoms with Crippen molar-refractivity contribution in [3.8, 4) is 0 Å². The van der Waals surface area contributed by atoms with E-state index in [2.05, 4.69) is 18.2 Å². The fourth-order valence-corrected chi connectivity index (χ4v) is 3.25. The zero-order valence-corrected chi connectivity index (χ0v) is 12.7. The molecule has 0 aromatic heterocycles. The molecule has 1 unspecified atom stereocenters. The van der Waals surface area contributed by atoms with Crippen molar-refractivity contribution in [1.82, 2.24) is 0 Å². The number of benzene rings is 2. The summed E-state index contributed by atoms with van der Waals surface area (Å²) in [6, 6.07) is 11.6. The molecule has 0 radical (unpaired) electrons. The first kappa shape index (κ1) is 14.3. The van der Waals surface area contributed by atoms with E-state index in [4.69, 9.17) is 5.73 Å². The van der Waals surface area contributed by atoms with E-state index < -0.39 is 5.54 Å². The Hall–Kier alpha value is -1.67. The molecule has 21 heavy (non-hydrogen) atoms. The lowest BCUT2D eigenvalue weighted by Gasteiger charge is -2.28. The average Bonchev–Trinajstić information content (AvgIpc) is 2.49. The van der Waals surface area contributed by atoms with Crippen molar-refractivity contribution in [2.75, 3.05) is 0 Å². The first-order valence-electron chi connectivity index (χ1n) is 7.66. The van der Waals surface area contributed by atoms with Crippen LogP contribution in [0.3, 0.4) is 0 Å². The van der Waals surface area contributed by atoms with Gasteiger partial charge in [0.25, 0.3) is 0 Å². The summed E-state index contributed by atoms with van der Waals surface area (Å²) >= 11 is 0. The predicted octanol–water partition coefficient (Wildman–Crippen LogP) is 4.24. The normalized spacial score (nSPS) is 17.1. The van der Waals surface area contributed by atoms with Gasteiger partial charge >= 0.3 is 0 Å². The highest BCUT2D eigenvalue weighted by molar-refractivity contribution is 5.43. The fourth-order valence-electron chi connectivity index (χ4n) is 3.25. The van der Waals surface area contributed by atoms with Gasteiger partial charge in [-0.1, -0.05) is 35.9 Å². The Morgan fingerprint density at radius 3 is 2.48 bits per heavy atom. The van der Waals surface area contributed by atoms with Crippen molar-refractivity contribution in [2.45, 2.75) is 45.1 Å². The van der Waals surface area contributed by atoms with Gasteiger partial charge in [-0.25, -0.2) is 4.39 Å². The molecule has 1 aliphatic carbocycles. The number of fused-ring (bicyclic) bond motifs is 1. The molecule has 0 spiro atoms. The summed E-state index contributed by atoms with van der Waals surface area (Å²) in [5, 5.41) is 0. The topological polar surface area (TPSA) is 26.0 Å². The molecule has 2 heteroatoms. The lowest BCUT2D eigenvalue weighted by Crippen LogP contribution is -2.35. The number of hydrogen-bond donors (Lipinski definition) is 1. The van der Waals surface area contributed by atoms with Gasteiger partial charge in [0.1, 0.15) is 5.82 Å². The Bertz CT molecular complexity index is 673. The van der Waals surface area contributed by atoms with Crippen LogP contribution in [0.5, 0.6) is 0 Å². The summed E-state index contributed by atoms with van der Waals surface area (Å²) in [4.78, 5) is 0. The minimum Gasteiger partial charge on any atom is -0.318 e. The highest BCUT2D eigenvalue weighted by Crippen LogP contribution is 2.32. The molecule has 110 valence electrons. The fraction of sp³-hybridized carbons (Fsp3) is 0.368. The van der Waals surface area contributed by atoms with Crippen molar-refractivity contribution in [1.29, 1.82) is 0 Å². The van der Waals surface area contributed by atoms with E-state index in [9.17, 15) is 4.39 Å². The van der Waals surface area contributed by atoms with Gasteiger partial charge in [0.2, 0.25) is 0 Å². The Morgan fingerprint density at radius 2 is 1.71 bits per heavy atom. The summed E-state index contributed by atoms with van der Waals surface area (Å²) in [6.45, 7) is 3.86. The quantitative estimate of drug-likeness (QED) is 0.876. The van der Waals surface area contributed by atoms with Crippen LogP contribution in [0.4, 0.5) is 4.39 Å². The summed E-state index contributed by atoms with van der Waals surface area (Å²) in [5.41, 5.74) is 11.1. The molecule has 0 heterocycles. The van der Waals surface area contributed by atoms with Gasteiger partial charge in [-0.3, -0.25) is 0 Å². The molecular weight excluding hydrogens is 261 g/mol. The number of halogens is 1. The van der Waals surface area contributed by atoms with Gasteiger partial charge in [0, 0.05) is 5.56 Å². The number of hydrogen-bond acceptors (Lipinski definition) is 1. The van der Waals surface area contributed by atoms with E-state index in [1.165, 1.54) is 30.0 Å². The zero-order chi connectivity index (χ0) is 15.0. The first-order valence-corrected chi connectivity index (χ1v) is 7.66. The van der Waals surface area contributed by atoms with Gasteiger partial charge in [0.05, 0.1) is 5.54 Å². The van der Waals surface area contributed by atoms with Crippen molar-refractivity contribution in [3.05, 3.63) is 70.0 Å². The second-order valence-corrected chi connectivity index (χ2v) is 6.38. The second kappa shape index (κ2) is 5.27. The molecule has 1 aliphatic rings. The largest absolute Gasteiger partial charge is 0.318 e. The minimum absolute atomic E-state index is 0.233. The molecule has 0 saturated carbocycles. The standard InChI is InChI=1S/C19H22FN/c1-13-7-10-18(20)17(11-13)19(2,21)16-9-8-14-5-3-4-6-15(14)12-16/h7-12H,3-6,21H2,1-2H3. The molecule has 1 nitrogen and oxygen atoms in total. The molecular formula is C19H22FN. The second-order valence-electron chi connectivity index (χ2n) is 6.38. The van der Waals surface area contributed by atoms with Crippen molar-refractivity contribution in [2.24, 2.45) is 5.73 Å². The Labute approximate surface area is 126 Å². The van der Waals surface area contributed by atoms with Crippen LogP contribution in [0.2, 0.25) is 0 Å². The molecule has 1 atom stereocenters. The van der Waals surface area contributed by atoms with Crippen molar-refractivity contribution < 1.29 is 4.39 Å². The third kappa shape index (κ3) is 2.60. The van der Waals surface area contributed by atoms with Gasteiger partial charge in [-0.05, 0) is 62.3 Å². The molecule has 3 rings (SSSR count). The zero-order valence-electron chi connectivity index (χ0n) is 12.7. The van der Waals surface area contributed by atoms with E-state index in [1.54, 1.807) is 6.07 Å².